The quantitative estimate of drug-likeness (QED) is 0.811. The molecule has 0 unspecified atom stereocenters. The first-order valence-electron chi connectivity index (χ1n) is 6.08. The summed E-state index contributed by atoms with van der Waals surface area (Å²) < 4.78 is 51.4. The summed E-state index contributed by atoms with van der Waals surface area (Å²) in [7, 11) is 0. The van der Waals surface area contributed by atoms with Crippen molar-refractivity contribution in [3.63, 3.8) is 0 Å². The molecule has 1 aromatic rings. The predicted molar refractivity (Wildman–Crippen MR) is 71.1 cm³/mol. The van der Waals surface area contributed by atoms with E-state index < -0.39 is 29.7 Å². The van der Waals surface area contributed by atoms with Crippen LogP contribution in [0.2, 0.25) is 0 Å². The van der Waals surface area contributed by atoms with Gasteiger partial charge in [0, 0.05) is 5.56 Å². The van der Waals surface area contributed by atoms with Crippen LogP contribution in [0.15, 0.2) is 18.2 Å². The second kappa shape index (κ2) is 7.81. The minimum Gasteiger partial charge on any atom is -0.391 e. The minimum absolute atomic E-state index is 0. The van der Waals surface area contributed by atoms with E-state index in [1.54, 1.807) is 0 Å². The highest BCUT2D eigenvalue weighted by atomic mass is 35.5. The van der Waals surface area contributed by atoms with Crippen LogP contribution in [0.1, 0.15) is 43.4 Å². The molecule has 2 atom stereocenters. The Balaban J connectivity index is 0.00000361. The first-order valence-corrected chi connectivity index (χ1v) is 6.08. The summed E-state index contributed by atoms with van der Waals surface area (Å²) >= 11 is 0. The van der Waals surface area contributed by atoms with Crippen LogP contribution in [0.5, 0.6) is 0 Å². The number of aliphatic hydroxyl groups is 1. The molecule has 0 fully saturated rings. The fourth-order valence-electron chi connectivity index (χ4n) is 1.83. The molecule has 2 nitrogen and oxygen atoms in total. The van der Waals surface area contributed by atoms with Gasteiger partial charge in [0.2, 0.25) is 0 Å². The third kappa shape index (κ3) is 4.61. The molecule has 0 aliphatic rings. The monoisotopic (exact) mass is 315 g/mol. The molecule has 0 saturated heterocycles. The van der Waals surface area contributed by atoms with Gasteiger partial charge in [-0.25, -0.2) is 4.39 Å². The van der Waals surface area contributed by atoms with Crippen LogP contribution in [0.3, 0.4) is 0 Å². The van der Waals surface area contributed by atoms with Crippen molar-refractivity contribution in [2.75, 3.05) is 0 Å². The summed E-state index contributed by atoms with van der Waals surface area (Å²) in [5, 5.41) is 9.75. The largest absolute Gasteiger partial charge is 0.419 e. The van der Waals surface area contributed by atoms with Gasteiger partial charge in [-0.2, -0.15) is 13.2 Å². The SMILES string of the molecule is CCCC[C@@H](O)[C@@H](N)c1cccc(C(F)(F)F)c1F.Cl. The summed E-state index contributed by atoms with van der Waals surface area (Å²) in [4.78, 5) is 0. The van der Waals surface area contributed by atoms with Gasteiger partial charge in [-0.15, -0.1) is 12.4 Å². The van der Waals surface area contributed by atoms with Gasteiger partial charge in [0.25, 0.3) is 0 Å². The van der Waals surface area contributed by atoms with Crippen LogP contribution < -0.4 is 5.73 Å². The Bertz CT molecular complexity index is 425. The average Bonchev–Trinajstić information content (AvgIpc) is 2.34. The lowest BCUT2D eigenvalue weighted by molar-refractivity contribution is -0.140. The number of halogens is 5. The van der Waals surface area contributed by atoms with Crippen molar-refractivity contribution in [2.45, 2.75) is 44.5 Å². The number of nitrogens with two attached hydrogens (primary N) is 1. The third-order valence-electron chi connectivity index (χ3n) is 2.96. The molecule has 0 heterocycles. The lowest BCUT2D eigenvalue weighted by Gasteiger charge is -2.21. The highest BCUT2D eigenvalue weighted by molar-refractivity contribution is 5.85. The van der Waals surface area contributed by atoms with E-state index in [-0.39, 0.29) is 18.0 Å². The second-order valence-electron chi connectivity index (χ2n) is 4.44. The fourth-order valence-corrected chi connectivity index (χ4v) is 1.83. The maximum absolute atomic E-state index is 13.8. The van der Waals surface area contributed by atoms with Crippen molar-refractivity contribution in [1.29, 1.82) is 0 Å². The van der Waals surface area contributed by atoms with Crippen LogP contribution in [0.4, 0.5) is 17.6 Å². The van der Waals surface area contributed by atoms with Crippen LogP contribution in [0.25, 0.3) is 0 Å². The highest BCUT2D eigenvalue weighted by Crippen LogP contribution is 2.34. The Kier molecular flexibility index (Phi) is 7.47. The molecule has 0 bridgehead atoms. The topological polar surface area (TPSA) is 46.2 Å². The summed E-state index contributed by atoms with van der Waals surface area (Å²) in [5.74, 6) is -1.40. The zero-order valence-corrected chi connectivity index (χ0v) is 11.8. The van der Waals surface area contributed by atoms with Gasteiger partial charge in [0.05, 0.1) is 17.7 Å². The lowest BCUT2D eigenvalue weighted by atomic mass is 9.96. The number of alkyl halides is 3. The second-order valence-corrected chi connectivity index (χ2v) is 4.44. The molecule has 0 aromatic heterocycles. The maximum Gasteiger partial charge on any atom is 0.419 e. The van der Waals surface area contributed by atoms with E-state index in [9.17, 15) is 22.7 Å². The van der Waals surface area contributed by atoms with Crippen LogP contribution >= 0.6 is 12.4 Å². The molecule has 0 spiro atoms. The Morgan fingerprint density at radius 1 is 1.30 bits per heavy atom. The van der Waals surface area contributed by atoms with Gasteiger partial charge < -0.3 is 10.8 Å². The lowest BCUT2D eigenvalue weighted by Crippen LogP contribution is -2.28. The molecule has 0 saturated carbocycles. The van der Waals surface area contributed by atoms with E-state index >= 15 is 0 Å². The molecule has 116 valence electrons. The van der Waals surface area contributed by atoms with Crippen molar-refractivity contribution < 1.29 is 22.7 Å². The number of rotatable bonds is 5. The zero-order chi connectivity index (χ0) is 14.6. The fraction of sp³-hybridized carbons (Fsp3) is 0.538. The molecule has 0 radical (unpaired) electrons. The number of unbranched alkanes of at least 4 members (excludes halogenated alkanes) is 1. The van der Waals surface area contributed by atoms with Crippen molar-refractivity contribution in [1.82, 2.24) is 0 Å². The number of hydrogen-bond donors (Lipinski definition) is 2. The smallest absolute Gasteiger partial charge is 0.391 e. The number of benzene rings is 1. The summed E-state index contributed by atoms with van der Waals surface area (Å²) in [6.07, 6.45) is -4.01. The molecule has 3 N–H and O–H groups in total. The third-order valence-corrected chi connectivity index (χ3v) is 2.96. The Morgan fingerprint density at radius 2 is 1.90 bits per heavy atom. The Morgan fingerprint density at radius 3 is 2.40 bits per heavy atom. The van der Waals surface area contributed by atoms with Gasteiger partial charge in [-0.3, -0.25) is 0 Å². The van der Waals surface area contributed by atoms with Crippen molar-refractivity contribution in [3.05, 3.63) is 35.1 Å². The Labute approximate surface area is 121 Å². The van der Waals surface area contributed by atoms with Gasteiger partial charge in [-0.1, -0.05) is 31.9 Å². The maximum atomic E-state index is 13.8. The predicted octanol–water partition coefficient (Wildman–Crippen LogP) is 3.82. The number of aliphatic hydroxyl groups excluding tert-OH is 1. The molecular formula is C13H18ClF4NO. The van der Waals surface area contributed by atoms with Gasteiger partial charge in [-0.05, 0) is 12.5 Å². The normalized spacial score (nSPS) is 14.6. The van der Waals surface area contributed by atoms with Crippen LogP contribution in [-0.4, -0.2) is 11.2 Å². The van der Waals surface area contributed by atoms with E-state index in [1.807, 2.05) is 6.92 Å². The molecule has 1 aromatic carbocycles. The Hall–Kier alpha value is -0.850. The van der Waals surface area contributed by atoms with Crippen LogP contribution in [0, 0.1) is 5.82 Å². The van der Waals surface area contributed by atoms with E-state index in [2.05, 4.69) is 0 Å². The molecule has 7 heteroatoms. The standard InChI is InChI=1S/C13H17F4NO.ClH/c1-2-3-7-10(19)12(18)8-5-4-6-9(11(8)14)13(15,16)17;/h4-6,10,12,19H,2-3,7,18H2,1H3;1H/t10-,12+;/m1./s1. The molecule has 20 heavy (non-hydrogen) atoms. The van der Waals surface area contributed by atoms with Crippen LogP contribution in [-0.2, 0) is 6.18 Å². The molecule has 0 aliphatic heterocycles. The summed E-state index contributed by atoms with van der Waals surface area (Å²) in [6, 6.07) is 1.76. The van der Waals surface area contributed by atoms with Gasteiger partial charge >= 0.3 is 6.18 Å². The van der Waals surface area contributed by atoms with Crippen molar-refractivity contribution >= 4 is 12.4 Å². The van der Waals surface area contributed by atoms with Gasteiger partial charge in [0.1, 0.15) is 5.82 Å². The summed E-state index contributed by atoms with van der Waals surface area (Å²) in [6.45, 7) is 1.91. The van der Waals surface area contributed by atoms with E-state index in [1.165, 1.54) is 6.07 Å². The highest BCUT2D eigenvalue weighted by Gasteiger charge is 2.36. The van der Waals surface area contributed by atoms with E-state index in [0.29, 0.717) is 18.9 Å². The first kappa shape index (κ1) is 19.1. The minimum atomic E-state index is -4.77. The van der Waals surface area contributed by atoms with Gasteiger partial charge in [0.15, 0.2) is 0 Å². The van der Waals surface area contributed by atoms with Crippen molar-refractivity contribution in [3.8, 4) is 0 Å². The van der Waals surface area contributed by atoms with Crippen molar-refractivity contribution in [2.24, 2.45) is 5.73 Å². The molecular weight excluding hydrogens is 298 g/mol. The summed E-state index contributed by atoms with van der Waals surface area (Å²) in [5.41, 5.74) is 3.97. The molecule has 1 rings (SSSR count). The van der Waals surface area contributed by atoms with E-state index in [0.717, 1.165) is 12.5 Å². The zero-order valence-electron chi connectivity index (χ0n) is 11.0. The van der Waals surface area contributed by atoms with E-state index in [4.69, 9.17) is 5.73 Å². The molecule has 0 aliphatic carbocycles. The molecule has 0 amide bonds. The number of hydrogen-bond acceptors (Lipinski definition) is 2. The first-order chi connectivity index (χ1) is 8.79. The average molecular weight is 316 g/mol.